The summed E-state index contributed by atoms with van der Waals surface area (Å²) in [5.74, 6) is 1.84. The van der Waals surface area contributed by atoms with Crippen LogP contribution < -0.4 is 5.32 Å². The minimum absolute atomic E-state index is 0.0375. The first-order chi connectivity index (χ1) is 11.6. The fourth-order valence-electron chi connectivity index (χ4n) is 3.03. The maximum atomic E-state index is 9.04. The number of pyridine rings is 1. The lowest BCUT2D eigenvalue weighted by Crippen LogP contribution is -2.30. The van der Waals surface area contributed by atoms with Gasteiger partial charge in [-0.25, -0.2) is 9.97 Å². The largest absolute Gasteiger partial charge is 0.370 e. The van der Waals surface area contributed by atoms with Crippen molar-refractivity contribution in [2.45, 2.75) is 25.9 Å². The van der Waals surface area contributed by atoms with E-state index in [1.807, 2.05) is 17.8 Å². The van der Waals surface area contributed by atoms with Gasteiger partial charge in [-0.15, -0.1) is 0 Å². The summed E-state index contributed by atoms with van der Waals surface area (Å²) in [6.45, 7) is 3.25. The van der Waals surface area contributed by atoms with Gasteiger partial charge in [0.25, 0.3) is 0 Å². The van der Waals surface area contributed by atoms with Gasteiger partial charge < -0.3 is 14.6 Å². The van der Waals surface area contributed by atoms with E-state index in [0.717, 1.165) is 25.3 Å². The maximum absolute atomic E-state index is 9.04. The van der Waals surface area contributed by atoms with Crippen LogP contribution in [0.2, 0.25) is 5.02 Å². The Morgan fingerprint density at radius 3 is 3.08 bits per heavy atom. The van der Waals surface area contributed by atoms with Crippen molar-refractivity contribution in [2.75, 3.05) is 18.5 Å². The summed E-state index contributed by atoms with van der Waals surface area (Å²) in [7, 11) is 1.98. The lowest BCUT2D eigenvalue weighted by atomic mass is 9.93. The van der Waals surface area contributed by atoms with E-state index in [4.69, 9.17) is 21.6 Å². The molecule has 1 aliphatic rings. The highest BCUT2D eigenvalue weighted by molar-refractivity contribution is 6.33. The SMILES string of the molecule is Cc1nc(NC[C@@H]2CCCO[C@H]2c2nccn2C)c(Cl)cc1C#N. The summed E-state index contributed by atoms with van der Waals surface area (Å²) >= 11 is 6.24. The van der Waals surface area contributed by atoms with Gasteiger partial charge in [0.05, 0.1) is 16.3 Å². The predicted molar refractivity (Wildman–Crippen MR) is 91.8 cm³/mol. The molecule has 1 saturated heterocycles. The molecule has 7 heteroatoms. The average molecular weight is 346 g/mol. The number of imidazole rings is 1. The summed E-state index contributed by atoms with van der Waals surface area (Å²) < 4.78 is 7.97. The second-order valence-electron chi connectivity index (χ2n) is 6.03. The van der Waals surface area contributed by atoms with Crippen molar-refractivity contribution in [2.24, 2.45) is 13.0 Å². The van der Waals surface area contributed by atoms with E-state index in [9.17, 15) is 0 Å². The minimum Gasteiger partial charge on any atom is -0.370 e. The Kier molecular flexibility index (Phi) is 5.03. The number of rotatable bonds is 4. The van der Waals surface area contributed by atoms with E-state index in [-0.39, 0.29) is 12.0 Å². The monoisotopic (exact) mass is 345 g/mol. The third kappa shape index (κ3) is 3.37. The predicted octanol–water partition coefficient (Wildman–Crippen LogP) is 3.23. The molecule has 126 valence electrons. The van der Waals surface area contributed by atoms with E-state index in [2.05, 4.69) is 21.4 Å². The molecule has 0 aromatic carbocycles. The number of hydrogen-bond acceptors (Lipinski definition) is 5. The minimum atomic E-state index is -0.0375. The van der Waals surface area contributed by atoms with Crippen LogP contribution in [0.25, 0.3) is 0 Å². The van der Waals surface area contributed by atoms with Gasteiger partial charge in [-0.3, -0.25) is 0 Å². The first kappa shape index (κ1) is 16.7. The third-order valence-electron chi connectivity index (χ3n) is 4.38. The molecule has 3 rings (SSSR count). The molecule has 6 nitrogen and oxygen atoms in total. The van der Waals surface area contributed by atoms with Crippen LogP contribution >= 0.6 is 11.6 Å². The Bertz CT molecular complexity index is 767. The molecule has 0 spiro atoms. The molecule has 3 heterocycles. The Morgan fingerprint density at radius 1 is 1.54 bits per heavy atom. The molecule has 0 radical (unpaired) electrons. The number of nitriles is 1. The van der Waals surface area contributed by atoms with Crippen molar-refractivity contribution < 1.29 is 4.74 Å². The molecule has 0 bridgehead atoms. The highest BCUT2D eigenvalue weighted by Crippen LogP contribution is 2.33. The quantitative estimate of drug-likeness (QED) is 0.920. The molecule has 2 aromatic heterocycles. The van der Waals surface area contributed by atoms with Gasteiger partial charge in [-0.2, -0.15) is 5.26 Å². The third-order valence-corrected chi connectivity index (χ3v) is 4.66. The molecule has 0 saturated carbocycles. The maximum Gasteiger partial charge on any atom is 0.145 e. The van der Waals surface area contributed by atoms with Crippen LogP contribution in [0, 0.1) is 24.2 Å². The number of ether oxygens (including phenoxy) is 1. The normalized spacial score (nSPS) is 20.6. The Morgan fingerprint density at radius 2 is 2.38 bits per heavy atom. The van der Waals surface area contributed by atoms with E-state index in [1.165, 1.54) is 0 Å². The van der Waals surface area contributed by atoms with Crippen molar-refractivity contribution in [3.63, 3.8) is 0 Å². The molecular formula is C17H20ClN5O. The first-order valence-electron chi connectivity index (χ1n) is 8.00. The van der Waals surface area contributed by atoms with Gasteiger partial charge >= 0.3 is 0 Å². The van der Waals surface area contributed by atoms with Gasteiger partial charge in [0, 0.05) is 38.5 Å². The number of hydrogen-bond donors (Lipinski definition) is 1. The van der Waals surface area contributed by atoms with Crippen LogP contribution in [0.15, 0.2) is 18.5 Å². The topological polar surface area (TPSA) is 75.8 Å². The zero-order valence-corrected chi connectivity index (χ0v) is 14.5. The lowest BCUT2D eigenvalue weighted by Gasteiger charge is -2.31. The van der Waals surface area contributed by atoms with Crippen LogP contribution in [0.4, 0.5) is 5.82 Å². The Balaban J connectivity index is 1.74. The molecule has 1 N–H and O–H groups in total. The number of aromatic nitrogens is 3. The smallest absolute Gasteiger partial charge is 0.145 e. The summed E-state index contributed by atoms with van der Waals surface area (Å²) in [6.07, 6.45) is 5.77. The van der Waals surface area contributed by atoms with Crippen molar-refractivity contribution in [1.29, 1.82) is 5.26 Å². The number of nitrogens with zero attached hydrogens (tertiary/aromatic N) is 4. The highest BCUT2D eigenvalue weighted by atomic mass is 35.5. The number of nitrogens with one attached hydrogen (secondary N) is 1. The number of anilines is 1. The van der Waals surface area contributed by atoms with E-state index in [0.29, 0.717) is 28.6 Å². The molecule has 2 atom stereocenters. The van der Waals surface area contributed by atoms with E-state index in [1.54, 1.807) is 19.2 Å². The number of aryl methyl sites for hydroxylation is 2. The zero-order chi connectivity index (χ0) is 17.1. The average Bonchev–Trinajstić information content (AvgIpc) is 3.01. The van der Waals surface area contributed by atoms with Crippen LogP contribution in [0.1, 0.15) is 36.0 Å². The van der Waals surface area contributed by atoms with Gasteiger partial charge in [-0.1, -0.05) is 11.6 Å². The molecule has 1 fully saturated rings. The fraction of sp³-hybridized carbons (Fsp3) is 0.471. The second kappa shape index (κ2) is 7.20. The first-order valence-corrected chi connectivity index (χ1v) is 8.38. The Hall–Kier alpha value is -2.10. The lowest BCUT2D eigenvalue weighted by molar-refractivity contribution is -0.0305. The summed E-state index contributed by atoms with van der Waals surface area (Å²) in [6, 6.07) is 3.75. The van der Waals surface area contributed by atoms with Crippen molar-refractivity contribution in [3.05, 3.63) is 40.6 Å². The fourth-order valence-corrected chi connectivity index (χ4v) is 3.25. The zero-order valence-electron chi connectivity index (χ0n) is 13.8. The van der Waals surface area contributed by atoms with E-state index >= 15 is 0 Å². The standard InChI is InChI=1S/C17H20ClN5O/c1-11-13(9-19)8-14(18)16(22-11)21-10-12-4-3-7-24-15(12)17-20-5-6-23(17)2/h5-6,8,12,15H,3-4,7,10H2,1-2H3,(H,21,22)/t12-,15+/m0/s1. The van der Waals surface area contributed by atoms with Gasteiger partial charge in [0.15, 0.2) is 0 Å². The molecule has 24 heavy (non-hydrogen) atoms. The van der Waals surface area contributed by atoms with Crippen molar-refractivity contribution in [3.8, 4) is 6.07 Å². The molecular weight excluding hydrogens is 326 g/mol. The van der Waals surface area contributed by atoms with Crippen LogP contribution in [0.5, 0.6) is 0 Å². The van der Waals surface area contributed by atoms with Crippen molar-refractivity contribution in [1.82, 2.24) is 14.5 Å². The van der Waals surface area contributed by atoms with Gasteiger partial charge in [0.1, 0.15) is 23.8 Å². The highest BCUT2D eigenvalue weighted by Gasteiger charge is 2.30. The Labute approximate surface area is 146 Å². The summed E-state index contributed by atoms with van der Waals surface area (Å²) in [5.41, 5.74) is 1.17. The van der Waals surface area contributed by atoms with Crippen LogP contribution in [-0.4, -0.2) is 27.7 Å². The van der Waals surface area contributed by atoms with E-state index < -0.39 is 0 Å². The molecule has 0 aliphatic carbocycles. The van der Waals surface area contributed by atoms with Crippen LogP contribution in [0.3, 0.4) is 0 Å². The summed E-state index contributed by atoms with van der Waals surface area (Å²) in [4.78, 5) is 8.84. The molecule has 2 aromatic rings. The molecule has 0 unspecified atom stereocenters. The molecule has 0 amide bonds. The molecule has 1 aliphatic heterocycles. The van der Waals surface area contributed by atoms with Gasteiger partial charge in [-0.05, 0) is 25.8 Å². The van der Waals surface area contributed by atoms with Crippen LogP contribution in [-0.2, 0) is 11.8 Å². The van der Waals surface area contributed by atoms with Gasteiger partial charge in [0.2, 0.25) is 0 Å². The second-order valence-corrected chi connectivity index (χ2v) is 6.44. The number of halogens is 1. The van der Waals surface area contributed by atoms with Crippen molar-refractivity contribution >= 4 is 17.4 Å². The summed E-state index contributed by atoms with van der Waals surface area (Å²) in [5, 5.41) is 12.8.